The Balaban J connectivity index is 0.00000189. The van der Waals surface area contributed by atoms with Crippen molar-refractivity contribution in [2.24, 2.45) is 11.8 Å². The minimum Gasteiger partial charge on any atom is -0.352 e. The van der Waals surface area contributed by atoms with Crippen molar-refractivity contribution in [1.29, 1.82) is 0 Å². The van der Waals surface area contributed by atoms with Crippen molar-refractivity contribution in [3.05, 3.63) is 89.0 Å². The number of fused-ring (bicyclic) bond motifs is 1. The van der Waals surface area contributed by atoms with Gasteiger partial charge in [-0.3, -0.25) is 14.8 Å². The molecule has 0 radical (unpaired) electrons. The maximum atomic E-state index is 13.6. The lowest BCUT2D eigenvalue weighted by Crippen LogP contribution is -2.27. The molecule has 5 rings (SSSR count). The molecule has 1 saturated carbocycles. The van der Waals surface area contributed by atoms with Gasteiger partial charge in [-0.1, -0.05) is 19.9 Å². The molecule has 41 heavy (non-hydrogen) atoms. The Morgan fingerprint density at radius 1 is 1.15 bits per heavy atom. The van der Waals surface area contributed by atoms with E-state index in [0.717, 1.165) is 56.9 Å². The largest absolute Gasteiger partial charge is 0.352 e. The molecule has 216 valence electrons. The first kappa shape index (κ1) is 30.7. The molecule has 2 heterocycles. The van der Waals surface area contributed by atoms with Crippen LogP contribution >= 0.6 is 7.49 Å². The van der Waals surface area contributed by atoms with E-state index in [1.807, 2.05) is 57.3 Å². The Kier molecular flexibility index (Phi) is 10.2. The summed E-state index contributed by atoms with van der Waals surface area (Å²) in [6.45, 7) is 10.6. The van der Waals surface area contributed by atoms with Crippen molar-refractivity contribution in [2.45, 2.75) is 53.4 Å². The highest BCUT2D eigenvalue weighted by Crippen LogP contribution is 2.54. The predicted molar refractivity (Wildman–Crippen MR) is 168 cm³/mol. The summed E-state index contributed by atoms with van der Waals surface area (Å²) >= 11 is 0. The van der Waals surface area contributed by atoms with Crippen LogP contribution in [0, 0.1) is 18.7 Å². The lowest BCUT2D eigenvalue weighted by Gasteiger charge is -2.21. The molecule has 2 aromatic heterocycles. The van der Waals surface area contributed by atoms with E-state index in [1.54, 1.807) is 12.1 Å². The third kappa shape index (κ3) is 7.16. The van der Waals surface area contributed by atoms with Crippen molar-refractivity contribution in [3.8, 4) is 11.3 Å². The van der Waals surface area contributed by atoms with Crippen molar-refractivity contribution >= 4 is 29.6 Å². The second-order valence-electron chi connectivity index (χ2n) is 10.5. The van der Waals surface area contributed by atoms with Crippen molar-refractivity contribution in [3.63, 3.8) is 0 Å². The third-order valence-corrected chi connectivity index (χ3v) is 10.8. The van der Waals surface area contributed by atoms with Gasteiger partial charge in [-0.15, -0.1) is 0 Å². The van der Waals surface area contributed by atoms with Gasteiger partial charge in [0.1, 0.15) is 11.1 Å². The third-order valence-electron chi connectivity index (χ3n) is 7.68. The Bertz CT molecular complexity index is 1500. The summed E-state index contributed by atoms with van der Waals surface area (Å²) in [6, 6.07) is 16.2. The molecule has 1 atom stereocenters. The molecule has 4 aromatic rings. The minimum atomic E-state index is -2.07. The first-order chi connectivity index (χ1) is 19.8. The second-order valence-corrected chi connectivity index (χ2v) is 14.0. The van der Waals surface area contributed by atoms with Gasteiger partial charge in [0.2, 0.25) is 0 Å². The molecule has 1 amide bonds. The topological polar surface area (TPSA) is 90.1 Å². The maximum absolute atomic E-state index is 13.6. The van der Waals surface area contributed by atoms with Crippen LogP contribution < -0.4 is 16.5 Å². The molecule has 6 nitrogen and oxygen atoms in total. The van der Waals surface area contributed by atoms with Gasteiger partial charge in [-0.25, -0.2) is 4.39 Å². The lowest BCUT2D eigenvalue weighted by atomic mass is 10.0. The standard InChI is InChI=1S/C31H34FN4O2P.C2H6/c1-4-39(3,38-33)28-19-27(36-29(20(28)2)22-9-11-26(32)12-10-22)13-15-35-31(37)25-17-23-6-5-14-34-30(23)24(18-25)16-21-7-8-21;1-2/h5-6,9-12,14,17-19,21H,4,7-8,13,15-16,33H2,1-3H3;1-2H3/p+1. The highest BCUT2D eigenvalue weighted by molar-refractivity contribution is 7.77. The Labute approximate surface area is 243 Å². The van der Waals surface area contributed by atoms with Gasteiger partial charge in [0, 0.05) is 53.0 Å². The fourth-order valence-electron chi connectivity index (χ4n) is 5.05. The highest BCUT2D eigenvalue weighted by Gasteiger charge is 2.38. The van der Waals surface area contributed by atoms with Gasteiger partial charge in [0.25, 0.3) is 5.91 Å². The molecule has 1 aliphatic carbocycles. The van der Waals surface area contributed by atoms with Crippen molar-refractivity contribution in [1.82, 2.24) is 15.3 Å². The monoisotopic (exact) mass is 575 g/mol. The van der Waals surface area contributed by atoms with Crippen LogP contribution in [0.2, 0.25) is 0 Å². The molecule has 1 fully saturated rings. The van der Waals surface area contributed by atoms with Crippen LogP contribution in [-0.4, -0.2) is 35.2 Å². The van der Waals surface area contributed by atoms with Crippen LogP contribution in [0.1, 0.15) is 60.8 Å². The number of nitrogens with two attached hydrogens (primary N) is 1. The van der Waals surface area contributed by atoms with Gasteiger partial charge in [0.15, 0.2) is 7.49 Å². The average molecular weight is 576 g/mol. The normalized spacial score (nSPS) is 14.2. The number of hydrogen-bond donors (Lipinski definition) is 2. The zero-order chi connectivity index (χ0) is 29.6. The van der Waals surface area contributed by atoms with E-state index in [4.69, 9.17) is 15.5 Å². The smallest absolute Gasteiger partial charge is 0.251 e. The molecule has 3 N–H and O–H groups in total. The Morgan fingerprint density at radius 3 is 2.54 bits per heavy atom. The van der Waals surface area contributed by atoms with Crippen LogP contribution in [-0.2, 0) is 17.5 Å². The Hall–Kier alpha value is -3.25. The number of amides is 1. The van der Waals surface area contributed by atoms with E-state index >= 15 is 0 Å². The fraction of sp³-hybridized carbons (Fsp3) is 0.364. The van der Waals surface area contributed by atoms with Gasteiger partial charge in [-0.05, 0) is 87.1 Å². The van der Waals surface area contributed by atoms with E-state index in [9.17, 15) is 9.18 Å². The van der Waals surface area contributed by atoms with Gasteiger partial charge in [0.05, 0.1) is 24.0 Å². The number of carbonyl (C=O) groups excluding carboxylic acids is 1. The van der Waals surface area contributed by atoms with Crippen molar-refractivity contribution in [2.75, 3.05) is 19.4 Å². The van der Waals surface area contributed by atoms with E-state index < -0.39 is 7.49 Å². The van der Waals surface area contributed by atoms with E-state index in [2.05, 4.69) is 23.9 Å². The molecule has 1 aliphatic rings. The second kappa shape index (κ2) is 13.6. The lowest BCUT2D eigenvalue weighted by molar-refractivity contribution is 0.0954. The number of nitrogens with one attached hydrogen (secondary N) is 1. The fourth-order valence-corrected chi connectivity index (χ4v) is 6.89. The molecular weight excluding hydrogens is 534 g/mol. The number of hydrogen-bond acceptors (Lipinski definition) is 5. The number of pyridine rings is 2. The van der Waals surface area contributed by atoms with E-state index in [-0.39, 0.29) is 11.7 Å². The SMILES string of the molecule is CC.CC[P+](C)(ON)c1cc(CCNC(=O)c2cc(CC3CC3)c3ncccc3c2)nc(-c2ccc(F)cc2)c1C. The van der Waals surface area contributed by atoms with Crippen molar-refractivity contribution < 1.29 is 13.8 Å². The summed E-state index contributed by atoms with van der Waals surface area (Å²) in [4.78, 5) is 22.7. The Morgan fingerprint density at radius 2 is 1.88 bits per heavy atom. The molecule has 2 aromatic carbocycles. The van der Waals surface area contributed by atoms with Gasteiger partial charge < -0.3 is 5.32 Å². The minimum absolute atomic E-state index is 0.111. The van der Waals surface area contributed by atoms with Crippen LogP contribution in [0.4, 0.5) is 4.39 Å². The van der Waals surface area contributed by atoms with Crippen LogP contribution in [0.5, 0.6) is 0 Å². The summed E-state index contributed by atoms with van der Waals surface area (Å²) in [5.41, 5.74) is 6.17. The van der Waals surface area contributed by atoms with Gasteiger partial charge in [-0.2, -0.15) is 10.5 Å². The number of aromatic nitrogens is 2. The summed E-state index contributed by atoms with van der Waals surface area (Å²) in [7, 11) is -2.07. The maximum Gasteiger partial charge on any atom is 0.251 e. The average Bonchev–Trinajstić information content (AvgIpc) is 3.83. The summed E-state index contributed by atoms with van der Waals surface area (Å²) in [5.74, 6) is 6.07. The predicted octanol–water partition coefficient (Wildman–Crippen LogP) is 6.79. The number of rotatable bonds is 10. The molecule has 0 aliphatic heterocycles. The van der Waals surface area contributed by atoms with E-state index in [0.29, 0.717) is 24.4 Å². The number of benzene rings is 2. The summed E-state index contributed by atoms with van der Waals surface area (Å²) < 4.78 is 19.2. The molecule has 0 saturated heterocycles. The first-order valence-electron chi connectivity index (χ1n) is 14.5. The zero-order valence-electron chi connectivity index (χ0n) is 24.7. The molecular formula is C33H41FN4O2P+. The van der Waals surface area contributed by atoms with E-state index in [1.165, 1.54) is 25.0 Å². The summed E-state index contributed by atoms with van der Waals surface area (Å²) in [6.07, 6.45) is 6.55. The molecule has 1 unspecified atom stereocenters. The van der Waals surface area contributed by atoms with Crippen LogP contribution in [0.25, 0.3) is 22.2 Å². The first-order valence-corrected chi connectivity index (χ1v) is 16.8. The van der Waals surface area contributed by atoms with Gasteiger partial charge >= 0.3 is 0 Å². The van der Waals surface area contributed by atoms with Crippen LogP contribution in [0.3, 0.4) is 0 Å². The number of nitrogens with zero attached hydrogens (tertiary/aromatic N) is 2. The summed E-state index contributed by atoms with van der Waals surface area (Å²) in [5, 5.41) is 5.10. The molecule has 8 heteroatoms. The highest BCUT2D eigenvalue weighted by atomic mass is 31.2. The quantitative estimate of drug-likeness (QED) is 0.160. The molecule has 0 spiro atoms. The zero-order valence-corrected chi connectivity index (χ0v) is 25.6. The van der Waals surface area contributed by atoms with Crippen LogP contribution in [0.15, 0.2) is 60.8 Å². The number of halogens is 1. The number of carbonyl (C=O) groups is 1. The molecule has 0 bridgehead atoms.